The Hall–Kier alpha value is -1.95. The lowest BCUT2D eigenvalue weighted by Crippen LogP contribution is -1.94. The van der Waals surface area contributed by atoms with E-state index in [0.29, 0.717) is 30.3 Å². The normalized spacial score (nSPS) is 10.8. The van der Waals surface area contributed by atoms with Crippen LogP contribution in [0.1, 0.15) is 12.2 Å². The predicted molar refractivity (Wildman–Crippen MR) is 64.3 cm³/mol. The zero-order valence-corrected chi connectivity index (χ0v) is 10.0. The number of hydrogen-bond acceptors (Lipinski definition) is 5. The summed E-state index contributed by atoms with van der Waals surface area (Å²) >= 11 is 0. The number of hydrogen-bond donors (Lipinski definition) is 1. The lowest BCUT2D eigenvalue weighted by molar-refractivity contribution is 0.194. The molecule has 1 heterocycles. The van der Waals surface area contributed by atoms with Crippen molar-refractivity contribution in [3.8, 4) is 11.5 Å². The fourth-order valence-electron chi connectivity index (χ4n) is 1.51. The number of aryl methyl sites for hydroxylation is 1. The molecule has 96 valence electrons. The van der Waals surface area contributed by atoms with Crippen molar-refractivity contribution >= 4 is 5.69 Å². The molecule has 0 aliphatic heterocycles. The molecule has 2 rings (SSSR count). The van der Waals surface area contributed by atoms with Gasteiger partial charge in [0.1, 0.15) is 5.82 Å². The zero-order chi connectivity index (χ0) is 13.0. The number of ether oxygens (including phenoxy) is 1. The summed E-state index contributed by atoms with van der Waals surface area (Å²) in [7, 11) is 1.64. The molecule has 0 saturated carbocycles. The number of halogens is 1. The van der Waals surface area contributed by atoms with Crippen LogP contribution >= 0.6 is 0 Å². The summed E-state index contributed by atoms with van der Waals surface area (Å²) in [5, 5.41) is 3.82. The SMILES string of the molecule is COCCCc1noc(-c2ccc(N)c(F)c2)n1. The Balaban J connectivity index is 2.11. The fourth-order valence-corrected chi connectivity index (χ4v) is 1.51. The molecule has 0 spiro atoms. The molecule has 0 atom stereocenters. The minimum atomic E-state index is -0.494. The third-order valence-corrected chi connectivity index (χ3v) is 2.46. The van der Waals surface area contributed by atoms with Crippen LogP contribution in [0.4, 0.5) is 10.1 Å². The summed E-state index contributed by atoms with van der Waals surface area (Å²) in [6, 6.07) is 4.39. The summed E-state index contributed by atoms with van der Waals surface area (Å²) < 4.78 is 23.3. The van der Waals surface area contributed by atoms with Crippen molar-refractivity contribution in [1.29, 1.82) is 0 Å². The summed E-state index contributed by atoms with van der Waals surface area (Å²) in [5.74, 6) is 0.382. The minimum absolute atomic E-state index is 0.0959. The van der Waals surface area contributed by atoms with Gasteiger partial charge in [-0.25, -0.2) is 4.39 Å². The van der Waals surface area contributed by atoms with Crippen LogP contribution in [0.2, 0.25) is 0 Å². The Morgan fingerprint density at radius 3 is 3.00 bits per heavy atom. The van der Waals surface area contributed by atoms with Gasteiger partial charge in [-0.1, -0.05) is 5.16 Å². The molecule has 0 saturated heterocycles. The molecule has 0 aliphatic rings. The summed E-state index contributed by atoms with van der Waals surface area (Å²) in [6.45, 7) is 0.639. The molecule has 1 aromatic heterocycles. The van der Waals surface area contributed by atoms with Crippen molar-refractivity contribution in [2.45, 2.75) is 12.8 Å². The van der Waals surface area contributed by atoms with E-state index < -0.39 is 5.82 Å². The van der Waals surface area contributed by atoms with Crippen LogP contribution in [0.25, 0.3) is 11.5 Å². The predicted octanol–water partition coefficient (Wildman–Crippen LogP) is 2.04. The van der Waals surface area contributed by atoms with E-state index in [4.69, 9.17) is 15.0 Å². The molecule has 0 fully saturated rings. The van der Waals surface area contributed by atoms with Gasteiger partial charge in [0.05, 0.1) is 5.69 Å². The maximum atomic E-state index is 13.3. The quantitative estimate of drug-likeness (QED) is 0.650. The van der Waals surface area contributed by atoms with Gasteiger partial charge in [-0.3, -0.25) is 0 Å². The molecule has 6 heteroatoms. The highest BCUT2D eigenvalue weighted by molar-refractivity contribution is 5.57. The second-order valence-corrected chi connectivity index (χ2v) is 3.85. The third-order valence-electron chi connectivity index (χ3n) is 2.46. The van der Waals surface area contributed by atoms with E-state index in [1.165, 1.54) is 12.1 Å². The van der Waals surface area contributed by atoms with E-state index in [2.05, 4.69) is 10.1 Å². The highest BCUT2D eigenvalue weighted by Crippen LogP contribution is 2.21. The van der Waals surface area contributed by atoms with E-state index in [-0.39, 0.29) is 5.69 Å². The number of nitrogen functional groups attached to an aromatic ring is 1. The van der Waals surface area contributed by atoms with Gasteiger partial charge in [0.15, 0.2) is 5.82 Å². The molecule has 5 nitrogen and oxygen atoms in total. The number of anilines is 1. The fraction of sp³-hybridized carbons (Fsp3) is 0.333. The second-order valence-electron chi connectivity index (χ2n) is 3.85. The lowest BCUT2D eigenvalue weighted by atomic mass is 10.2. The van der Waals surface area contributed by atoms with Gasteiger partial charge in [-0.15, -0.1) is 0 Å². The van der Waals surface area contributed by atoms with Gasteiger partial charge in [0.25, 0.3) is 5.89 Å². The van der Waals surface area contributed by atoms with Gasteiger partial charge >= 0.3 is 0 Å². The van der Waals surface area contributed by atoms with Crippen LogP contribution in [0, 0.1) is 5.82 Å². The highest BCUT2D eigenvalue weighted by atomic mass is 19.1. The lowest BCUT2D eigenvalue weighted by Gasteiger charge is -1.97. The van der Waals surface area contributed by atoms with Crippen LogP contribution in [0.5, 0.6) is 0 Å². The molecule has 0 unspecified atom stereocenters. The van der Waals surface area contributed by atoms with Gasteiger partial charge < -0.3 is 15.0 Å². The standard InChI is InChI=1S/C12H14FN3O2/c1-17-6-2-3-11-15-12(18-16-11)8-4-5-10(14)9(13)7-8/h4-5,7H,2-3,6,14H2,1H3. The van der Waals surface area contributed by atoms with Gasteiger partial charge in [-0.05, 0) is 24.6 Å². The largest absolute Gasteiger partial charge is 0.396 e. The molecule has 1 aromatic carbocycles. The van der Waals surface area contributed by atoms with Crippen LogP contribution in [-0.4, -0.2) is 23.9 Å². The van der Waals surface area contributed by atoms with Gasteiger partial charge in [0, 0.05) is 25.7 Å². The van der Waals surface area contributed by atoms with Crippen molar-refractivity contribution in [2.75, 3.05) is 19.5 Å². The van der Waals surface area contributed by atoms with Crippen molar-refractivity contribution in [2.24, 2.45) is 0 Å². The van der Waals surface area contributed by atoms with Crippen LogP contribution in [-0.2, 0) is 11.2 Å². The van der Waals surface area contributed by atoms with Gasteiger partial charge in [0.2, 0.25) is 0 Å². The molecule has 2 N–H and O–H groups in total. The molecule has 0 aliphatic carbocycles. The number of rotatable bonds is 5. The van der Waals surface area contributed by atoms with E-state index in [1.807, 2.05) is 0 Å². The summed E-state index contributed by atoms with van der Waals surface area (Å²) in [5.41, 5.74) is 6.01. The van der Waals surface area contributed by atoms with Crippen molar-refractivity contribution < 1.29 is 13.7 Å². The Kier molecular flexibility index (Phi) is 3.88. The summed E-state index contributed by atoms with van der Waals surface area (Å²) in [4.78, 5) is 4.18. The average Bonchev–Trinajstić information content (AvgIpc) is 2.82. The Labute approximate surface area is 104 Å². The number of nitrogens with two attached hydrogens (primary N) is 1. The van der Waals surface area contributed by atoms with Gasteiger partial charge in [-0.2, -0.15) is 4.98 Å². The number of benzene rings is 1. The third kappa shape index (κ3) is 2.84. The first kappa shape index (κ1) is 12.5. The van der Waals surface area contributed by atoms with Crippen LogP contribution in [0.3, 0.4) is 0 Å². The van der Waals surface area contributed by atoms with E-state index in [1.54, 1.807) is 13.2 Å². The zero-order valence-electron chi connectivity index (χ0n) is 10.0. The van der Waals surface area contributed by atoms with Crippen LogP contribution < -0.4 is 5.73 Å². The number of nitrogens with zero attached hydrogens (tertiary/aromatic N) is 2. The maximum Gasteiger partial charge on any atom is 0.258 e. The Morgan fingerprint density at radius 2 is 2.28 bits per heavy atom. The number of methoxy groups -OCH3 is 1. The minimum Gasteiger partial charge on any atom is -0.396 e. The molecule has 2 aromatic rings. The van der Waals surface area contributed by atoms with Crippen molar-refractivity contribution in [1.82, 2.24) is 10.1 Å². The molecule has 0 radical (unpaired) electrons. The van der Waals surface area contributed by atoms with E-state index in [9.17, 15) is 4.39 Å². The van der Waals surface area contributed by atoms with E-state index in [0.717, 1.165) is 6.42 Å². The molecule has 0 bridgehead atoms. The first-order valence-electron chi connectivity index (χ1n) is 5.57. The van der Waals surface area contributed by atoms with Crippen molar-refractivity contribution in [3.05, 3.63) is 29.8 Å². The van der Waals surface area contributed by atoms with Crippen LogP contribution in [0.15, 0.2) is 22.7 Å². The summed E-state index contributed by atoms with van der Waals surface area (Å²) in [6.07, 6.45) is 1.47. The maximum absolute atomic E-state index is 13.3. The molecular formula is C12H14FN3O2. The van der Waals surface area contributed by atoms with Crippen molar-refractivity contribution in [3.63, 3.8) is 0 Å². The first-order chi connectivity index (χ1) is 8.70. The molecular weight excluding hydrogens is 237 g/mol. The Bertz CT molecular complexity index is 528. The smallest absolute Gasteiger partial charge is 0.258 e. The Morgan fingerprint density at radius 1 is 1.44 bits per heavy atom. The molecule has 0 amide bonds. The second kappa shape index (κ2) is 5.59. The van der Waals surface area contributed by atoms with E-state index >= 15 is 0 Å². The number of aromatic nitrogens is 2. The highest BCUT2D eigenvalue weighted by Gasteiger charge is 2.10. The average molecular weight is 251 g/mol. The monoisotopic (exact) mass is 251 g/mol. The first-order valence-corrected chi connectivity index (χ1v) is 5.57. The molecule has 18 heavy (non-hydrogen) atoms. The topological polar surface area (TPSA) is 74.2 Å².